The van der Waals surface area contributed by atoms with Gasteiger partial charge in [-0.15, -0.1) is 0 Å². The lowest BCUT2D eigenvalue weighted by molar-refractivity contribution is -0.133. The van der Waals surface area contributed by atoms with Crippen LogP contribution in [0.1, 0.15) is 0 Å². The Morgan fingerprint density at radius 1 is 1.23 bits per heavy atom. The lowest BCUT2D eigenvalue weighted by atomic mass is 10.0. The van der Waals surface area contributed by atoms with Crippen LogP contribution in [0.2, 0.25) is 0 Å². The highest BCUT2D eigenvalue weighted by molar-refractivity contribution is 5.96. The van der Waals surface area contributed by atoms with Crippen LogP contribution in [0.3, 0.4) is 0 Å². The Hall–Kier alpha value is -1.63. The number of carbonyl (C=O) groups is 3. The summed E-state index contributed by atoms with van der Waals surface area (Å²) >= 11 is 0. The van der Waals surface area contributed by atoms with Crippen molar-refractivity contribution in [2.75, 3.05) is 6.54 Å². The van der Waals surface area contributed by atoms with E-state index in [1.54, 1.807) is 0 Å². The van der Waals surface area contributed by atoms with Gasteiger partial charge in [0.1, 0.15) is 12.1 Å². The minimum absolute atomic E-state index is 0.0443. The fourth-order valence-electron chi connectivity index (χ4n) is 1.13. The van der Waals surface area contributed by atoms with Gasteiger partial charge in [0.2, 0.25) is 17.7 Å². The van der Waals surface area contributed by atoms with Crippen molar-refractivity contribution in [1.82, 2.24) is 10.6 Å². The quantitative estimate of drug-likeness (QED) is 0.355. The highest BCUT2D eigenvalue weighted by atomic mass is 16.2. The summed E-state index contributed by atoms with van der Waals surface area (Å²) in [5.74, 6) is -1.89. The summed E-state index contributed by atoms with van der Waals surface area (Å²) < 4.78 is 0. The molecule has 13 heavy (non-hydrogen) atoms. The van der Waals surface area contributed by atoms with E-state index >= 15 is 0 Å². The minimum atomic E-state index is -1.06. The third kappa shape index (κ3) is 1.94. The Morgan fingerprint density at radius 3 is 2.23 bits per heavy atom. The van der Waals surface area contributed by atoms with Gasteiger partial charge in [-0.25, -0.2) is 0 Å². The van der Waals surface area contributed by atoms with Crippen molar-refractivity contribution in [1.29, 1.82) is 0 Å². The molecule has 0 aromatic rings. The van der Waals surface area contributed by atoms with Gasteiger partial charge in [-0.1, -0.05) is 0 Å². The molecule has 3 amide bonds. The number of rotatable bonds is 2. The number of nitrogens with two attached hydrogens (primary N) is 2. The molecule has 1 aliphatic heterocycles. The number of nitrogens with one attached hydrogen (secondary N) is 2. The number of hydrogen-bond acceptors (Lipinski definition) is 4. The van der Waals surface area contributed by atoms with Crippen LogP contribution in [0.5, 0.6) is 0 Å². The first-order valence-corrected chi connectivity index (χ1v) is 3.63. The molecule has 2 atom stereocenters. The number of primary amides is 2. The fraction of sp³-hybridized carbons (Fsp3) is 0.500. The molecule has 0 aromatic heterocycles. The molecule has 1 aliphatic rings. The van der Waals surface area contributed by atoms with Crippen LogP contribution in [0, 0.1) is 0 Å². The largest absolute Gasteiger partial charge is 0.368 e. The van der Waals surface area contributed by atoms with Crippen molar-refractivity contribution in [2.45, 2.75) is 12.1 Å². The van der Waals surface area contributed by atoms with Gasteiger partial charge < -0.3 is 16.8 Å². The van der Waals surface area contributed by atoms with Crippen molar-refractivity contribution in [3.8, 4) is 0 Å². The lowest BCUT2D eigenvalue weighted by Gasteiger charge is -2.28. The second-order valence-electron chi connectivity index (χ2n) is 2.71. The topological polar surface area (TPSA) is 127 Å². The molecule has 1 fully saturated rings. The maximum atomic E-state index is 10.8. The normalized spacial score (nSPS) is 27.8. The Balaban J connectivity index is 2.77. The molecule has 7 heteroatoms. The number of hydrogen-bond donors (Lipinski definition) is 4. The zero-order valence-corrected chi connectivity index (χ0v) is 6.74. The van der Waals surface area contributed by atoms with Crippen LogP contribution >= 0.6 is 0 Å². The van der Waals surface area contributed by atoms with E-state index in [4.69, 9.17) is 11.5 Å². The third-order valence-electron chi connectivity index (χ3n) is 1.75. The highest BCUT2D eigenvalue weighted by Gasteiger charge is 2.35. The van der Waals surface area contributed by atoms with E-state index in [0.717, 1.165) is 0 Å². The Labute approximate surface area is 73.8 Å². The van der Waals surface area contributed by atoms with Gasteiger partial charge in [0.15, 0.2) is 0 Å². The molecule has 0 aliphatic carbocycles. The first-order valence-electron chi connectivity index (χ1n) is 3.63. The summed E-state index contributed by atoms with van der Waals surface area (Å²) in [5, 5.41) is 4.78. The molecule has 0 aromatic carbocycles. The Kier molecular flexibility index (Phi) is 2.47. The van der Waals surface area contributed by atoms with Crippen LogP contribution in [-0.4, -0.2) is 36.3 Å². The molecular formula is C6H10N4O3. The van der Waals surface area contributed by atoms with E-state index in [2.05, 4.69) is 10.6 Å². The zero-order valence-electron chi connectivity index (χ0n) is 6.74. The molecule has 1 rings (SSSR count). The van der Waals surface area contributed by atoms with Crippen LogP contribution < -0.4 is 22.1 Å². The summed E-state index contributed by atoms with van der Waals surface area (Å²) in [6.07, 6.45) is 0. The Bertz CT molecular complexity index is 265. The zero-order chi connectivity index (χ0) is 10.0. The van der Waals surface area contributed by atoms with Crippen molar-refractivity contribution in [3.63, 3.8) is 0 Å². The van der Waals surface area contributed by atoms with E-state index in [1.807, 2.05) is 0 Å². The molecule has 72 valence electrons. The van der Waals surface area contributed by atoms with Crippen LogP contribution in [0.15, 0.2) is 0 Å². The number of piperazine rings is 1. The maximum Gasteiger partial charge on any atom is 0.242 e. The van der Waals surface area contributed by atoms with Crippen molar-refractivity contribution >= 4 is 17.7 Å². The Morgan fingerprint density at radius 2 is 1.77 bits per heavy atom. The van der Waals surface area contributed by atoms with Crippen LogP contribution in [0.4, 0.5) is 0 Å². The standard InChI is InChI=1S/C6H10N4O3/c7-5(12)3-4(6(8)13)10-2(11)1-9-3/h3-4,9H,1H2,(H2,7,12)(H2,8,13)(H,10,11). The summed E-state index contributed by atoms with van der Waals surface area (Å²) in [6.45, 7) is -0.0443. The second kappa shape index (κ2) is 3.40. The summed E-state index contributed by atoms with van der Waals surface area (Å²) in [6, 6.07) is -1.98. The summed E-state index contributed by atoms with van der Waals surface area (Å²) in [7, 11) is 0. The van der Waals surface area contributed by atoms with Crippen molar-refractivity contribution in [3.05, 3.63) is 0 Å². The first-order chi connectivity index (χ1) is 6.02. The van der Waals surface area contributed by atoms with Gasteiger partial charge in [-0.05, 0) is 0 Å². The number of amides is 3. The van der Waals surface area contributed by atoms with Gasteiger partial charge in [0, 0.05) is 0 Å². The monoisotopic (exact) mass is 186 g/mol. The van der Waals surface area contributed by atoms with Crippen LogP contribution in [0.25, 0.3) is 0 Å². The number of carbonyl (C=O) groups excluding carboxylic acids is 3. The average molecular weight is 186 g/mol. The van der Waals surface area contributed by atoms with E-state index < -0.39 is 23.9 Å². The van der Waals surface area contributed by atoms with E-state index in [0.29, 0.717) is 0 Å². The summed E-state index contributed by atoms with van der Waals surface area (Å²) in [4.78, 5) is 32.4. The molecule has 7 nitrogen and oxygen atoms in total. The van der Waals surface area contributed by atoms with E-state index in [-0.39, 0.29) is 12.5 Å². The van der Waals surface area contributed by atoms with E-state index in [9.17, 15) is 14.4 Å². The molecule has 6 N–H and O–H groups in total. The van der Waals surface area contributed by atoms with Gasteiger partial charge in [-0.3, -0.25) is 19.7 Å². The third-order valence-corrected chi connectivity index (χ3v) is 1.75. The van der Waals surface area contributed by atoms with E-state index in [1.165, 1.54) is 0 Å². The van der Waals surface area contributed by atoms with Gasteiger partial charge >= 0.3 is 0 Å². The molecule has 0 radical (unpaired) electrons. The predicted octanol–water partition coefficient (Wildman–Crippen LogP) is -3.59. The summed E-state index contributed by atoms with van der Waals surface area (Å²) in [5.41, 5.74) is 9.94. The second-order valence-corrected chi connectivity index (χ2v) is 2.71. The molecule has 1 saturated heterocycles. The minimum Gasteiger partial charge on any atom is -0.368 e. The molecule has 1 heterocycles. The van der Waals surface area contributed by atoms with Crippen molar-refractivity contribution in [2.24, 2.45) is 11.5 Å². The van der Waals surface area contributed by atoms with Crippen LogP contribution in [-0.2, 0) is 14.4 Å². The molecular weight excluding hydrogens is 176 g/mol. The molecule has 0 bridgehead atoms. The predicted molar refractivity (Wildman–Crippen MR) is 42.1 cm³/mol. The molecule has 2 unspecified atom stereocenters. The SMILES string of the molecule is NC(=O)C1NCC(=O)NC1C(N)=O. The van der Waals surface area contributed by atoms with Gasteiger partial charge in [0.05, 0.1) is 6.54 Å². The van der Waals surface area contributed by atoms with Gasteiger partial charge in [0.25, 0.3) is 0 Å². The average Bonchev–Trinajstić information content (AvgIpc) is 2.03. The first kappa shape index (κ1) is 9.46. The van der Waals surface area contributed by atoms with Crippen molar-refractivity contribution < 1.29 is 14.4 Å². The molecule has 0 saturated carbocycles. The smallest absolute Gasteiger partial charge is 0.242 e. The fourth-order valence-corrected chi connectivity index (χ4v) is 1.13. The highest BCUT2D eigenvalue weighted by Crippen LogP contribution is 1.97. The lowest BCUT2D eigenvalue weighted by Crippen LogP contribution is -2.67. The van der Waals surface area contributed by atoms with Gasteiger partial charge in [-0.2, -0.15) is 0 Å². The molecule has 0 spiro atoms. The maximum absolute atomic E-state index is 10.8.